The number of aromatic nitrogens is 6. The number of fused-ring (bicyclic) bond motifs is 1. The van der Waals surface area contributed by atoms with Crippen LogP contribution in [0, 0.1) is 13.8 Å². The third-order valence-electron chi connectivity index (χ3n) is 5.05. The fourth-order valence-corrected chi connectivity index (χ4v) is 3.40. The molecule has 0 bridgehead atoms. The van der Waals surface area contributed by atoms with Gasteiger partial charge in [0.25, 0.3) is 0 Å². The molecule has 0 aliphatic rings. The number of nitrogens with one attached hydrogen (secondary N) is 2. The largest absolute Gasteiger partial charge is 0.490 e. The number of halogens is 3. The number of hydrogen-bond donors (Lipinski definition) is 3. The van der Waals surface area contributed by atoms with Gasteiger partial charge in [0.05, 0.1) is 11.9 Å². The molecule has 0 unspecified atom stereocenters. The van der Waals surface area contributed by atoms with Gasteiger partial charge in [-0.25, -0.2) is 19.4 Å². The molecule has 36 heavy (non-hydrogen) atoms. The highest BCUT2D eigenvalue weighted by Gasteiger charge is 2.38. The van der Waals surface area contributed by atoms with Gasteiger partial charge >= 0.3 is 12.1 Å². The quantitative estimate of drug-likeness (QED) is 0.313. The Kier molecular flexibility index (Phi) is 6.68. The van der Waals surface area contributed by atoms with Crippen molar-refractivity contribution in [3.05, 3.63) is 78.8 Å². The number of rotatable bonds is 4. The van der Waals surface area contributed by atoms with E-state index in [0.717, 1.165) is 50.7 Å². The smallest absolute Gasteiger partial charge is 0.475 e. The Morgan fingerprint density at radius 2 is 1.72 bits per heavy atom. The summed E-state index contributed by atoms with van der Waals surface area (Å²) in [6.07, 6.45) is 0.509. The van der Waals surface area contributed by atoms with E-state index in [0.29, 0.717) is 0 Å². The summed E-state index contributed by atoms with van der Waals surface area (Å²) >= 11 is 0. The van der Waals surface area contributed by atoms with E-state index < -0.39 is 12.1 Å². The molecule has 3 N–H and O–H groups in total. The van der Waals surface area contributed by atoms with E-state index >= 15 is 0 Å². The van der Waals surface area contributed by atoms with Crippen molar-refractivity contribution in [3.8, 4) is 16.8 Å². The molecule has 0 radical (unpaired) electrons. The summed E-state index contributed by atoms with van der Waals surface area (Å²) in [5, 5.41) is 24.0. The van der Waals surface area contributed by atoms with Crippen LogP contribution in [0.25, 0.3) is 27.6 Å². The lowest BCUT2D eigenvalue weighted by molar-refractivity contribution is -0.192. The lowest BCUT2D eigenvalue weighted by atomic mass is 10.1. The first-order chi connectivity index (χ1) is 17.1. The second-order valence-corrected chi connectivity index (χ2v) is 7.71. The van der Waals surface area contributed by atoms with Crippen LogP contribution in [-0.4, -0.2) is 47.2 Å². The van der Waals surface area contributed by atoms with E-state index in [1.54, 1.807) is 0 Å². The van der Waals surface area contributed by atoms with Gasteiger partial charge in [-0.1, -0.05) is 12.1 Å². The van der Waals surface area contributed by atoms with Gasteiger partial charge in [0, 0.05) is 29.0 Å². The third kappa shape index (κ3) is 5.66. The van der Waals surface area contributed by atoms with Gasteiger partial charge in [0.15, 0.2) is 0 Å². The molecule has 9 nitrogen and oxygen atoms in total. The van der Waals surface area contributed by atoms with Crippen LogP contribution >= 0.6 is 0 Å². The van der Waals surface area contributed by atoms with Gasteiger partial charge in [-0.05, 0) is 61.2 Å². The molecule has 2 aromatic carbocycles. The number of hydrogen-bond acceptors (Lipinski definition) is 6. The highest BCUT2D eigenvalue weighted by Crippen LogP contribution is 2.26. The Hall–Kier alpha value is -4.74. The summed E-state index contributed by atoms with van der Waals surface area (Å²) in [4.78, 5) is 17.8. The number of carbonyl (C=O) groups is 1. The molecule has 5 rings (SSSR count). The number of alkyl halides is 3. The molecule has 0 aliphatic heterocycles. The Morgan fingerprint density at radius 1 is 1.00 bits per heavy atom. The average Bonchev–Trinajstić information content (AvgIpc) is 3.48. The number of aromatic amines is 1. The zero-order chi connectivity index (χ0) is 25.9. The van der Waals surface area contributed by atoms with Crippen LogP contribution in [0.2, 0.25) is 0 Å². The van der Waals surface area contributed by atoms with Crippen LogP contribution in [0.1, 0.15) is 11.6 Å². The van der Waals surface area contributed by atoms with Crippen molar-refractivity contribution in [3.63, 3.8) is 0 Å². The van der Waals surface area contributed by atoms with Crippen molar-refractivity contribution < 1.29 is 23.1 Å². The second kappa shape index (κ2) is 9.86. The topological polar surface area (TPSA) is 122 Å². The number of carboxylic acid groups (broad SMARTS) is 1. The summed E-state index contributed by atoms with van der Waals surface area (Å²) in [6, 6.07) is 16.4. The molecule has 5 aromatic rings. The van der Waals surface area contributed by atoms with E-state index in [1.807, 2.05) is 61.4 Å². The lowest BCUT2D eigenvalue weighted by Crippen LogP contribution is -2.21. The molecule has 0 amide bonds. The number of nitrogens with zero attached hydrogens (tertiary/aromatic N) is 5. The number of H-pyrrole nitrogens is 1. The fraction of sp³-hybridized carbons (Fsp3) is 0.125. The molecule has 0 saturated carbocycles. The van der Waals surface area contributed by atoms with Crippen LogP contribution in [0.3, 0.4) is 0 Å². The standard InChI is InChI=1S/C22H19N7.C2HF3O2/c1-14-26-15(2)29(28-14)21-7-5-20(6-8-21)27-22-10-18-9-16(19-12-24-25-13-19)3-4-17(18)11-23-22;3-2(4,5)1(6)7/h3-13H,1-2H3,(H,23,27)(H,24,25);(H,6,7). The van der Waals surface area contributed by atoms with Crippen molar-refractivity contribution in [1.29, 1.82) is 0 Å². The van der Waals surface area contributed by atoms with E-state index in [4.69, 9.17) is 9.90 Å². The molecular formula is C24H20F3N7O2. The number of carboxylic acids is 1. The third-order valence-corrected chi connectivity index (χ3v) is 5.05. The Morgan fingerprint density at radius 3 is 2.31 bits per heavy atom. The molecule has 0 atom stereocenters. The SMILES string of the molecule is Cc1nc(C)n(-c2ccc(Nc3cc4cc(-c5cn[nH]c5)ccc4cn3)cc2)n1.O=C(O)C(F)(F)F. The monoisotopic (exact) mass is 495 g/mol. The highest BCUT2D eigenvalue weighted by molar-refractivity contribution is 5.88. The van der Waals surface area contributed by atoms with Crippen molar-refractivity contribution in [1.82, 2.24) is 29.9 Å². The number of aryl methyl sites for hydroxylation is 2. The number of pyridine rings is 1. The summed E-state index contributed by atoms with van der Waals surface area (Å²) in [5.74, 6) is -0.331. The van der Waals surface area contributed by atoms with Crippen molar-refractivity contribution >= 4 is 28.2 Å². The molecule has 12 heteroatoms. The lowest BCUT2D eigenvalue weighted by Gasteiger charge is -2.09. The van der Waals surface area contributed by atoms with Crippen molar-refractivity contribution in [2.75, 3.05) is 5.32 Å². The minimum atomic E-state index is -5.08. The average molecular weight is 495 g/mol. The Bertz CT molecular complexity index is 1490. The zero-order valence-electron chi connectivity index (χ0n) is 19.1. The maximum Gasteiger partial charge on any atom is 0.490 e. The van der Waals surface area contributed by atoms with Gasteiger partial charge in [0.2, 0.25) is 0 Å². The molecule has 0 aliphatic carbocycles. The minimum absolute atomic E-state index is 0.764. The number of aliphatic carboxylic acids is 1. The van der Waals surface area contributed by atoms with Gasteiger partial charge in [-0.2, -0.15) is 23.4 Å². The van der Waals surface area contributed by atoms with Crippen LogP contribution in [0.5, 0.6) is 0 Å². The van der Waals surface area contributed by atoms with E-state index in [-0.39, 0.29) is 0 Å². The highest BCUT2D eigenvalue weighted by atomic mass is 19.4. The zero-order valence-corrected chi connectivity index (χ0v) is 19.1. The molecule has 184 valence electrons. The minimum Gasteiger partial charge on any atom is -0.475 e. The first-order valence-electron chi connectivity index (χ1n) is 10.6. The van der Waals surface area contributed by atoms with Crippen molar-refractivity contribution in [2.24, 2.45) is 0 Å². The number of benzene rings is 2. The summed E-state index contributed by atoms with van der Waals surface area (Å²) in [6.45, 7) is 3.84. The first kappa shape index (κ1) is 24.4. The van der Waals surface area contributed by atoms with Gasteiger partial charge in [-0.3, -0.25) is 5.10 Å². The van der Waals surface area contributed by atoms with Crippen molar-refractivity contribution in [2.45, 2.75) is 20.0 Å². The maximum absolute atomic E-state index is 10.6. The van der Waals surface area contributed by atoms with Crippen LogP contribution in [0.15, 0.2) is 67.1 Å². The van der Waals surface area contributed by atoms with Crippen LogP contribution in [0.4, 0.5) is 24.7 Å². The number of anilines is 2. The van der Waals surface area contributed by atoms with Gasteiger partial charge < -0.3 is 10.4 Å². The molecule has 3 heterocycles. The molecular weight excluding hydrogens is 475 g/mol. The fourth-order valence-electron chi connectivity index (χ4n) is 3.40. The predicted octanol–water partition coefficient (Wildman–Crippen LogP) is 5.20. The molecule has 3 aromatic heterocycles. The first-order valence-corrected chi connectivity index (χ1v) is 10.6. The van der Waals surface area contributed by atoms with Gasteiger partial charge in [-0.15, -0.1) is 0 Å². The molecule has 0 fully saturated rings. The maximum atomic E-state index is 10.6. The summed E-state index contributed by atoms with van der Waals surface area (Å²) in [5.41, 5.74) is 4.12. The summed E-state index contributed by atoms with van der Waals surface area (Å²) in [7, 11) is 0. The Balaban J connectivity index is 0.000000384. The normalized spacial score (nSPS) is 11.1. The summed E-state index contributed by atoms with van der Waals surface area (Å²) < 4.78 is 33.6. The van der Waals surface area contributed by atoms with Crippen LogP contribution in [-0.2, 0) is 4.79 Å². The van der Waals surface area contributed by atoms with E-state index in [2.05, 4.69) is 54.8 Å². The predicted molar refractivity (Wildman–Crippen MR) is 127 cm³/mol. The molecule has 0 spiro atoms. The van der Waals surface area contributed by atoms with Crippen LogP contribution < -0.4 is 5.32 Å². The van der Waals surface area contributed by atoms with E-state index in [9.17, 15) is 13.2 Å². The second-order valence-electron chi connectivity index (χ2n) is 7.71. The van der Waals surface area contributed by atoms with Gasteiger partial charge in [0.1, 0.15) is 17.5 Å². The Labute approximate surface area is 202 Å². The molecule has 0 saturated heterocycles. The van der Waals surface area contributed by atoms with E-state index in [1.165, 1.54) is 0 Å².